The molecule has 0 bridgehead atoms. The molecule has 17 heavy (non-hydrogen) atoms. The first-order chi connectivity index (χ1) is 8.20. The minimum atomic E-state index is 0.0702. The predicted octanol–water partition coefficient (Wildman–Crippen LogP) is 4.53. The van der Waals surface area contributed by atoms with E-state index in [4.69, 9.17) is 9.47 Å². The van der Waals surface area contributed by atoms with Crippen molar-refractivity contribution in [2.45, 2.75) is 78.4 Å². The summed E-state index contributed by atoms with van der Waals surface area (Å²) in [5.41, 5.74) is 0.248. The molecule has 0 radical (unpaired) electrons. The number of unbranched alkanes of at least 4 members (excludes halogenated alkanes) is 5. The third kappa shape index (κ3) is 5.87. The third-order valence-corrected chi connectivity index (χ3v) is 3.88. The van der Waals surface area contributed by atoms with E-state index < -0.39 is 0 Å². The molecule has 0 unspecified atom stereocenters. The molecule has 0 aromatic heterocycles. The monoisotopic (exact) mass is 242 g/mol. The smallest absolute Gasteiger partial charge is 0.157 e. The Morgan fingerprint density at radius 2 is 1.53 bits per heavy atom. The zero-order valence-electron chi connectivity index (χ0n) is 12.0. The van der Waals surface area contributed by atoms with Crippen LogP contribution in [-0.2, 0) is 9.47 Å². The van der Waals surface area contributed by atoms with Crippen LogP contribution in [0.3, 0.4) is 0 Å². The van der Waals surface area contributed by atoms with Gasteiger partial charge in [-0.3, -0.25) is 0 Å². The van der Waals surface area contributed by atoms with Crippen molar-refractivity contribution in [1.29, 1.82) is 0 Å². The van der Waals surface area contributed by atoms with Gasteiger partial charge in [0.2, 0.25) is 0 Å². The van der Waals surface area contributed by atoms with Gasteiger partial charge in [-0.05, 0) is 19.3 Å². The summed E-state index contributed by atoms with van der Waals surface area (Å²) in [6.07, 6.45) is 10.3. The zero-order valence-corrected chi connectivity index (χ0v) is 12.0. The average molecular weight is 242 g/mol. The van der Waals surface area contributed by atoms with Gasteiger partial charge in [0.25, 0.3) is 0 Å². The quantitative estimate of drug-likeness (QED) is 0.582. The van der Waals surface area contributed by atoms with E-state index >= 15 is 0 Å². The van der Waals surface area contributed by atoms with Crippen molar-refractivity contribution in [3.8, 4) is 0 Å². The molecule has 0 N–H and O–H groups in total. The van der Waals surface area contributed by atoms with E-state index in [1.807, 2.05) is 0 Å². The van der Waals surface area contributed by atoms with Gasteiger partial charge in [-0.1, -0.05) is 52.9 Å². The van der Waals surface area contributed by atoms with E-state index in [0.717, 1.165) is 26.1 Å². The second kappa shape index (κ2) is 8.10. The molecule has 1 heterocycles. The van der Waals surface area contributed by atoms with Gasteiger partial charge in [0.15, 0.2) is 6.29 Å². The van der Waals surface area contributed by atoms with Crippen LogP contribution in [-0.4, -0.2) is 19.5 Å². The maximum atomic E-state index is 5.79. The molecule has 2 heteroatoms. The highest BCUT2D eigenvalue weighted by Gasteiger charge is 2.30. The highest BCUT2D eigenvalue weighted by Crippen LogP contribution is 2.28. The lowest BCUT2D eigenvalue weighted by atomic mass is 9.89. The van der Waals surface area contributed by atoms with Crippen molar-refractivity contribution < 1.29 is 9.47 Å². The lowest BCUT2D eigenvalue weighted by Gasteiger charge is -2.36. The molecule has 0 aliphatic carbocycles. The summed E-state index contributed by atoms with van der Waals surface area (Å²) in [5, 5.41) is 0. The van der Waals surface area contributed by atoms with Gasteiger partial charge < -0.3 is 9.47 Å². The molecule has 1 saturated heterocycles. The van der Waals surface area contributed by atoms with Crippen LogP contribution in [0, 0.1) is 5.41 Å². The Labute approximate surface area is 107 Å². The second-order valence-electron chi connectivity index (χ2n) is 5.77. The number of hydrogen-bond donors (Lipinski definition) is 0. The van der Waals surface area contributed by atoms with Gasteiger partial charge >= 0.3 is 0 Å². The Balaban J connectivity index is 1.99. The fourth-order valence-electron chi connectivity index (χ4n) is 2.14. The molecule has 1 fully saturated rings. The van der Waals surface area contributed by atoms with E-state index in [0.29, 0.717) is 0 Å². The molecule has 102 valence electrons. The fourth-order valence-corrected chi connectivity index (χ4v) is 2.14. The summed E-state index contributed by atoms with van der Waals surface area (Å²) in [4.78, 5) is 0. The van der Waals surface area contributed by atoms with Crippen molar-refractivity contribution in [3.05, 3.63) is 0 Å². The molecule has 0 aromatic rings. The Hall–Kier alpha value is -0.0800. The highest BCUT2D eigenvalue weighted by atomic mass is 16.7. The summed E-state index contributed by atoms with van der Waals surface area (Å²) in [5.74, 6) is 0. The molecule has 0 saturated carbocycles. The van der Waals surface area contributed by atoms with Crippen molar-refractivity contribution in [3.63, 3.8) is 0 Å². The number of rotatable bonds is 8. The lowest BCUT2D eigenvalue weighted by Crippen LogP contribution is -2.39. The van der Waals surface area contributed by atoms with Crippen LogP contribution in [0.5, 0.6) is 0 Å². The number of ether oxygens (including phenoxy) is 2. The Bertz CT molecular complexity index is 183. The van der Waals surface area contributed by atoms with E-state index in [1.165, 1.54) is 38.5 Å². The lowest BCUT2D eigenvalue weighted by molar-refractivity contribution is -0.228. The molecule has 1 aliphatic rings. The van der Waals surface area contributed by atoms with Crippen LogP contribution in [0.2, 0.25) is 0 Å². The van der Waals surface area contributed by atoms with E-state index in [-0.39, 0.29) is 11.7 Å². The first-order valence-electron chi connectivity index (χ1n) is 7.43. The van der Waals surface area contributed by atoms with Crippen LogP contribution in [0.1, 0.15) is 72.1 Å². The summed E-state index contributed by atoms with van der Waals surface area (Å²) < 4.78 is 11.6. The van der Waals surface area contributed by atoms with Gasteiger partial charge in [-0.15, -0.1) is 0 Å². The van der Waals surface area contributed by atoms with Gasteiger partial charge in [0.05, 0.1) is 13.2 Å². The van der Waals surface area contributed by atoms with Crippen molar-refractivity contribution >= 4 is 0 Å². The van der Waals surface area contributed by atoms with E-state index in [9.17, 15) is 0 Å². The van der Waals surface area contributed by atoms with Gasteiger partial charge in [-0.25, -0.2) is 0 Å². The van der Waals surface area contributed by atoms with Crippen molar-refractivity contribution in [2.75, 3.05) is 13.2 Å². The normalized spacial score (nSPS) is 29.5. The first kappa shape index (κ1) is 15.0. The first-order valence-corrected chi connectivity index (χ1v) is 7.43. The predicted molar refractivity (Wildman–Crippen MR) is 72.1 cm³/mol. The largest absolute Gasteiger partial charge is 0.352 e. The number of hydrogen-bond acceptors (Lipinski definition) is 2. The topological polar surface area (TPSA) is 18.5 Å². The summed E-state index contributed by atoms with van der Waals surface area (Å²) in [6.45, 7) is 8.44. The molecule has 2 nitrogen and oxygen atoms in total. The van der Waals surface area contributed by atoms with Crippen LogP contribution in [0.25, 0.3) is 0 Å². The molecule has 1 aliphatic heterocycles. The maximum Gasteiger partial charge on any atom is 0.157 e. The third-order valence-electron chi connectivity index (χ3n) is 3.88. The van der Waals surface area contributed by atoms with Crippen molar-refractivity contribution in [1.82, 2.24) is 0 Å². The standard InChI is InChI=1S/C15H30O2/c1-4-6-7-8-9-10-11-14-16-12-15(3,5-2)13-17-14/h14H,4-13H2,1-3H3. The summed E-state index contributed by atoms with van der Waals surface area (Å²) in [7, 11) is 0. The fraction of sp³-hybridized carbons (Fsp3) is 1.00. The van der Waals surface area contributed by atoms with Crippen LogP contribution >= 0.6 is 0 Å². The Morgan fingerprint density at radius 3 is 2.12 bits per heavy atom. The highest BCUT2D eigenvalue weighted by molar-refractivity contribution is 4.75. The van der Waals surface area contributed by atoms with Gasteiger partial charge in [0, 0.05) is 5.41 Å². The molecular formula is C15H30O2. The Kier molecular flexibility index (Phi) is 7.14. The van der Waals surface area contributed by atoms with Gasteiger partial charge in [0.1, 0.15) is 0 Å². The van der Waals surface area contributed by atoms with E-state index in [2.05, 4.69) is 20.8 Å². The molecular weight excluding hydrogens is 212 g/mol. The maximum absolute atomic E-state index is 5.79. The molecule has 0 atom stereocenters. The van der Waals surface area contributed by atoms with Crippen LogP contribution in [0.15, 0.2) is 0 Å². The molecule has 0 aromatic carbocycles. The summed E-state index contributed by atoms with van der Waals surface area (Å²) in [6, 6.07) is 0. The minimum Gasteiger partial charge on any atom is -0.352 e. The minimum absolute atomic E-state index is 0.0702. The molecule has 0 amide bonds. The Morgan fingerprint density at radius 1 is 0.941 bits per heavy atom. The second-order valence-corrected chi connectivity index (χ2v) is 5.77. The van der Waals surface area contributed by atoms with Crippen LogP contribution in [0.4, 0.5) is 0 Å². The summed E-state index contributed by atoms with van der Waals surface area (Å²) >= 11 is 0. The van der Waals surface area contributed by atoms with Gasteiger partial charge in [-0.2, -0.15) is 0 Å². The SMILES string of the molecule is CCCCCCCCC1OCC(C)(CC)CO1. The van der Waals surface area contributed by atoms with E-state index in [1.54, 1.807) is 0 Å². The molecule has 1 rings (SSSR count). The van der Waals surface area contributed by atoms with Crippen molar-refractivity contribution in [2.24, 2.45) is 5.41 Å². The molecule has 0 spiro atoms. The average Bonchev–Trinajstić information content (AvgIpc) is 2.36. The van der Waals surface area contributed by atoms with Crippen LogP contribution < -0.4 is 0 Å². The zero-order chi connectivity index (χ0) is 12.6.